The largest absolute Gasteiger partial charge is 0.550 e. The van der Waals surface area contributed by atoms with Crippen LogP contribution in [-0.2, 0) is 14.3 Å². The monoisotopic (exact) mass is 406 g/mol. The molecule has 0 radical (unpaired) electrons. The Morgan fingerprint density at radius 3 is 2.93 bits per heavy atom. The molecule has 0 amide bonds. The summed E-state index contributed by atoms with van der Waals surface area (Å²) in [5, 5.41) is 25.2. The minimum atomic E-state index is -1.61. The summed E-state index contributed by atoms with van der Waals surface area (Å²) in [6.07, 6.45) is 5.00. The lowest BCUT2D eigenvalue weighted by Crippen LogP contribution is -2.53. The van der Waals surface area contributed by atoms with Crippen molar-refractivity contribution >= 4 is 11.8 Å². The zero-order chi connectivity index (χ0) is 21.0. The van der Waals surface area contributed by atoms with Gasteiger partial charge in [-0.3, -0.25) is 4.79 Å². The van der Waals surface area contributed by atoms with Gasteiger partial charge in [-0.05, 0) is 42.9 Å². The highest BCUT2D eigenvalue weighted by molar-refractivity contribution is 6.06. The van der Waals surface area contributed by atoms with Crippen LogP contribution in [0.3, 0.4) is 0 Å². The quantitative estimate of drug-likeness (QED) is 0.655. The average molecular weight is 406 g/mol. The Bertz CT molecular complexity index is 850. The Hall–Kier alpha value is -2.19. The second kappa shape index (κ2) is 6.95. The summed E-state index contributed by atoms with van der Waals surface area (Å²) in [6, 6.07) is -0.470. The number of methoxy groups -OCH3 is 1. The molecule has 3 aliphatic heterocycles. The van der Waals surface area contributed by atoms with Gasteiger partial charge in [0, 0.05) is 35.3 Å². The second-order valence-electron chi connectivity index (χ2n) is 8.60. The van der Waals surface area contributed by atoms with Crippen LogP contribution in [0.25, 0.3) is 0 Å². The highest BCUT2D eigenvalue weighted by atomic mass is 19.2. The number of nitrogens with zero attached hydrogens (tertiary/aromatic N) is 1. The smallest absolute Gasteiger partial charge is 0.326 e. The summed E-state index contributed by atoms with van der Waals surface area (Å²) in [5.41, 5.74) is 0.0689. The number of carboxylic acids is 1. The van der Waals surface area contributed by atoms with E-state index in [1.807, 2.05) is 0 Å². The van der Waals surface area contributed by atoms with E-state index >= 15 is 4.48 Å². The second-order valence-corrected chi connectivity index (χ2v) is 8.60. The Labute approximate surface area is 169 Å². The minimum Gasteiger partial charge on any atom is -0.550 e. The molecular weight excluding hydrogens is 379 g/mol. The molecule has 3 heterocycles. The van der Waals surface area contributed by atoms with Crippen LogP contribution in [-0.4, -0.2) is 52.9 Å². The normalized spacial score (nSPS) is 35.4. The van der Waals surface area contributed by atoms with Crippen LogP contribution >= 0.6 is 0 Å². The highest BCUT2D eigenvalue weighted by Crippen LogP contribution is 2.48. The van der Waals surface area contributed by atoms with Gasteiger partial charge in [-0.25, -0.2) is 0 Å². The van der Waals surface area contributed by atoms with E-state index in [0.29, 0.717) is 36.4 Å². The van der Waals surface area contributed by atoms with Crippen molar-refractivity contribution in [2.45, 2.75) is 63.1 Å². The minimum absolute atomic E-state index is 0.0107. The van der Waals surface area contributed by atoms with Crippen LogP contribution in [0, 0.1) is 5.92 Å². The molecule has 158 valence electrons. The molecular formula is C21H27FN2O5. The maximum Gasteiger partial charge on any atom is 0.326 e. The van der Waals surface area contributed by atoms with Crippen molar-refractivity contribution in [3.8, 4) is 0 Å². The zero-order valence-corrected chi connectivity index (χ0v) is 16.7. The number of hydrogen-bond donors (Lipinski definition) is 2. The fourth-order valence-corrected chi connectivity index (χ4v) is 5.57. The van der Waals surface area contributed by atoms with E-state index in [0.717, 1.165) is 12.0 Å². The molecule has 0 aromatic rings. The standard InChI is InChI=1S/C21H27FN2O5/c1-3-21(28,10-18(26)27)14-8-12-7-13-11-24(22)15(5-4-6-17(24)29-2)19(13)23-20(12)16(25)9-14/h6,9,13,15,19,23,28H,3-5,7-8,10-11H2,1-2H3. The van der Waals surface area contributed by atoms with Gasteiger partial charge in [-0.2, -0.15) is 0 Å². The van der Waals surface area contributed by atoms with Gasteiger partial charge < -0.3 is 25.1 Å². The van der Waals surface area contributed by atoms with E-state index < -0.39 is 22.7 Å². The summed E-state index contributed by atoms with van der Waals surface area (Å²) < 4.78 is 20.4. The molecule has 1 saturated heterocycles. The van der Waals surface area contributed by atoms with E-state index in [1.54, 1.807) is 13.0 Å². The number of carboxylic acid groups (broad SMARTS) is 1. The Balaban J connectivity index is 1.59. The van der Waals surface area contributed by atoms with E-state index in [-0.39, 0.29) is 36.8 Å². The van der Waals surface area contributed by atoms with Gasteiger partial charge in [0.25, 0.3) is 0 Å². The molecule has 0 aromatic carbocycles. The molecule has 0 aromatic heterocycles. The maximum absolute atomic E-state index is 15.8. The van der Waals surface area contributed by atoms with Gasteiger partial charge in [0.1, 0.15) is 6.54 Å². The molecule has 4 rings (SSSR count). The summed E-state index contributed by atoms with van der Waals surface area (Å²) in [5.74, 6) is -1.33. The van der Waals surface area contributed by atoms with E-state index in [9.17, 15) is 19.8 Å². The van der Waals surface area contributed by atoms with Crippen molar-refractivity contribution < 1.29 is 33.7 Å². The molecule has 0 spiro atoms. The molecule has 5 atom stereocenters. The Kier molecular flexibility index (Phi) is 4.82. The molecule has 1 fully saturated rings. The van der Waals surface area contributed by atoms with Gasteiger partial charge in [-0.15, -0.1) is 0 Å². The SMILES string of the molecule is CCC(O)(CC(=O)[O-])C1=CC(=O)C2=C(C1)CC1C[N+]3(F)C(OC)=CCCC3C1N2. The van der Waals surface area contributed by atoms with Crippen molar-refractivity contribution in [3.05, 3.63) is 34.9 Å². The molecule has 29 heavy (non-hydrogen) atoms. The molecule has 7 nitrogen and oxygen atoms in total. The number of nitrogens with one attached hydrogen (secondary N) is 1. The topological polar surface area (TPSA) is 98.7 Å². The summed E-state index contributed by atoms with van der Waals surface area (Å²) >= 11 is 0. The lowest BCUT2D eigenvalue weighted by Gasteiger charge is -2.38. The summed E-state index contributed by atoms with van der Waals surface area (Å²) in [6.45, 7) is 1.95. The number of rotatable bonds is 5. The van der Waals surface area contributed by atoms with Crippen LogP contribution < -0.4 is 10.4 Å². The number of aliphatic hydroxyl groups is 1. The number of halogens is 1. The maximum atomic E-state index is 15.8. The van der Waals surface area contributed by atoms with E-state index in [4.69, 9.17) is 4.74 Å². The zero-order valence-electron chi connectivity index (χ0n) is 16.7. The van der Waals surface area contributed by atoms with Gasteiger partial charge in [0.15, 0.2) is 6.04 Å². The molecule has 0 bridgehead atoms. The number of carbonyl (C=O) groups excluding carboxylic acids is 2. The number of fused-ring (bicyclic) bond motifs is 3. The number of aliphatic carboxylic acids is 1. The lowest BCUT2D eigenvalue weighted by molar-refractivity contribution is -1.05. The third-order valence-corrected chi connectivity index (χ3v) is 7.05. The van der Waals surface area contributed by atoms with Crippen LogP contribution in [0.1, 0.15) is 45.4 Å². The van der Waals surface area contributed by atoms with Crippen molar-refractivity contribution in [1.29, 1.82) is 0 Å². The molecule has 5 unspecified atom stereocenters. The molecule has 4 aliphatic rings. The number of ether oxygens (including phenoxy) is 1. The fraction of sp³-hybridized carbons (Fsp3) is 0.619. The molecule has 8 heteroatoms. The summed E-state index contributed by atoms with van der Waals surface area (Å²) in [7, 11) is 1.48. The highest BCUT2D eigenvalue weighted by Gasteiger charge is 2.62. The first kappa shape index (κ1) is 20.1. The average Bonchev–Trinajstić information content (AvgIpc) is 2.96. The first-order valence-electron chi connectivity index (χ1n) is 10.2. The predicted octanol–water partition coefficient (Wildman–Crippen LogP) is 0.764. The van der Waals surface area contributed by atoms with Gasteiger partial charge in [0.05, 0.1) is 24.4 Å². The molecule has 0 saturated carbocycles. The van der Waals surface area contributed by atoms with Crippen molar-refractivity contribution in [2.75, 3.05) is 13.7 Å². The van der Waals surface area contributed by atoms with Crippen molar-refractivity contribution in [3.63, 3.8) is 0 Å². The van der Waals surface area contributed by atoms with E-state index in [2.05, 4.69) is 5.32 Å². The Morgan fingerprint density at radius 2 is 2.28 bits per heavy atom. The number of quaternary nitrogens is 1. The van der Waals surface area contributed by atoms with Crippen LogP contribution in [0.4, 0.5) is 4.48 Å². The van der Waals surface area contributed by atoms with Gasteiger partial charge >= 0.3 is 5.88 Å². The fourth-order valence-electron chi connectivity index (χ4n) is 5.57. The molecule has 1 aliphatic carbocycles. The third-order valence-electron chi connectivity index (χ3n) is 7.05. The number of hydrogen-bond acceptors (Lipinski definition) is 6. The number of allylic oxidation sites excluding steroid dienone is 3. The van der Waals surface area contributed by atoms with Crippen LogP contribution in [0.2, 0.25) is 0 Å². The van der Waals surface area contributed by atoms with Crippen LogP contribution in [0.15, 0.2) is 34.9 Å². The third kappa shape index (κ3) is 3.09. The van der Waals surface area contributed by atoms with Crippen LogP contribution in [0.5, 0.6) is 0 Å². The van der Waals surface area contributed by atoms with Crippen molar-refractivity contribution in [2.24, 2.45) is 5.92 Å². The number of carbonyl (C=O) groups is 2. The van der Waals surface area contributed by atoms with Crippen molar-refractivity contribution in [1.82, 2.24) is 5.32 Å². The van der Waals surface area contributed by atoms with E-state index in [1.165, 1.54) is 13.2 Å². The predicted molar refractivity (Wildman–Crippen MR) is 99.0 cm³/mol. The first-order valence-corrected chi connectivity index (χ1v) is 10.2. The number of ketones is 1. The van der Waals surface area contributed by atoms with Gasteiger partial charge in [0.2, 0.25) is 5.78 Å². The first-order chi connectivity index (χ1) is 13.7. The molecule has 2 N–H and O–H groups in total. The van der Waals surface area contributed by atoms with Gasteiger partial charge in [-0.1, -0.05) is 11.6 Å². The lowest BCUT2D eigenvalue weighted by atomic mass is 9.75. The Morgan fingerprint density at radius 1 is 1.52 bits per heavy atom. The summed E-state index contributed by atoms with van der Waals surface area (Å²) in [4.78, 5) is 23.9.